The van der Waals surface area contributed by atoms with E-state index >= 15 is 0 Å². The first-order valence-electron chi connectivity index (χ1n) is 7.15. The normalized spacial score (nSPS) is 26.4. The molecule has 1 aliphatic carbocycles. The van der Waals surface area contributed by atoms with Crippen molar-refractivity contribution in [3.63, 3.8) is 0 Å². The minimum atomic E-state index is -0.440. The van der Waals surface area contributed by atoms with E-state index in [2.05, 4.69) is 10.3 Å². The molecule has 1 aromatic rings. The van der Waals surface area contributed by atoms with E-state index in [1.165, 1.54) is 0 Å². The fourth-order valence-corrected chi connectivity index (χ4v) is 2.64. The molecule has 1 saturated carbocycles. The van der Waals surface area contributed by atoms with Gasteiger partial charge in [0, 0.05) is 38.5 Å². The van der Waals surface area contributed by atoms with Crippen molar-refractivity contribution in [1.29, 1.82) is 0 Å². The van der Waals surface area contributed by atoms with Gasteiger partial charge in [-0.1, -0.05) is 0 Å². The molecule has 0 aromatic carbocycles. The summed E-state index contributed by atoms with van der Waals surface area (Å²) in [5.41, 5.74) is 0. The zero-order valence-electron chi connectivity index (χ0n) is 11.9. The summed E-state index contributed by atoms with van der Waals surface area (Å²) >= 11 is 0. The van der Waals surface area contributed by atoms with E-state index in [4.69, 9.17) is 4.74 Å². The minimum Gasteiger partial charge on any atom is -0.390 e. The molecule has 1 heterocycles. The second-order valence-electron chi connectivity index (χ2n) is 5.30. The number of ether oxygens (including phenoxy) is 1. The van der Waals surface area contributed by atoms with Crippen molar-refractivity contribution in [3.05, 3.63) is 18.7 Å². The third-order valence-corrected chi connectivity index (χ3v) is 3.88. The van der Waals surface area contributed by atoms with Crippen LogP contribution in [0.15, 0.2) is 18.7 Å². The Bertz CT molecular complexity index is 408. The number of carbonyl (C=O) groups is 1. The maximum Gasteiger partial charge on any atom is 0.223 e. The van der Waals surface area contributed by atoms with Gasteiger partial charge in [0.2, 0.25) is 5.91 Å². The highest BCUT2D eigenvalue weighted by molar-refractivity contribution is 5.78. The molecule has 0 aliphatic heterocycles. The molecule has 112 valence electrons. The van der Waals surface area contributed by atoms with Crippen molar-refractivity contribution in [2.45, 2.75) is 44.4 Å². The second kappa shape index (κ2) is 7.40. The summed E-state index contributed by atoms with van der Waals surface area (Å²) in [6, 6.07) is 0. The molecule has 3 atom stereocenters. The number of aliphatic hydroxyl groups excluding tert-OH is 1. The first kappa shape index (κ1) is 15.0. The van der Waals surface area contributed by atoms with Crippen LogP contribution in [0.4, 0.5) is 0 Å². The van der Waals surface area contributed by atoms with Crippen molar-refractivity contribution in [1.82, 2.24) is 14.9 Å². The van der Waals surface area contributed by atoms with Crippen molar-refractivity contribution in [3.8, 4) is 0 Å². The van der Waals surface area contributed by atoms with E-state index in [1.54, 1.807) is 19.6 Å². The Morgan fingerprint density at radius 1 is 1.55 bits per heavy atom. The Morgan fingerprint density at radius 3 is 3.10 bits per heavy atom. The molecule has 2 N–H and O–H groups in total. The topological polar surface area (TPSA) is 76.4 Å². The monoisotopic (exact) mass is 281 g/mol. The van der Waals surface area contributed by atoms with E-state index in [-0.39, 0.29) is 17.9 Å². The lowest BCUT2D eigenvalue weighted by molar-refractivity contribution is -0.130. The smallest absolute Gasteiger partial charge is 0.223 e. The fraction of sp³-hybridized carbons (Fsp3) is 0.714. The van der Waals surface area contributed by atoms with Gasteiger partial charge in [-0.3, -0.25) is 4.79 Å². The first-order chi connectivity index (χ1) is 9.70. The van der Waals surface area contributed by atoms with Crippen LogP contribution in [0.3, 0.4) is 0 Å². The van der Waals surface area contributed by atoms with Crippen LogP contribution < -0.4 is 5.32 Å². The number of carbonyl (C=O) groups excluding carboxylic acids is 1. The standard InChI is InChI=1S/C14H23N3O3/c1-20-13-9-11(3-4-12(13)18)14(19)16-5-2-7-17-8-6-15-10-17/h6,8,10-13,18H,2-5,7,9H2,1H3,(H,16,19)/t11-,12+,13-/m1/s1. The molecule has 0 spiro atoms. The number of aromatic nitrogens is 2. The third-order valence-electron chi connectivity index (χ3n) is 3.88. The Labute approximate surface area is 119 Å². The summed E-state index contributed by atoms with van der Waals surface area (Å²) in [4.78, 5) is 16.0. The van der Waals surface area contributed by atoms with Crippen molar-refractivity contribution >= 4 is 5.91 Å². The number of hydrogen-bond acceptors (Lipinski definition) is 4. The summed E-state index contributed by atoms with van der Waals surface area (Å²) in [7, 11) is 1.58. The quantitative estimate of drug-likeness (QED) is 0.747. The number of nitrogens with zero attached hydrogens (tertiary/aromatic N) is 2. The van der Waals surface area contributed by atoms with Gasteiger partial charge in [0.25, 0.3) is 0 Å². The van der Waals surface area contributed by atoms with Gasteiger partial charge in [0.1, 0.15) is 0 Å². The summed E-state index contributed by atoms with van der Waals surface area (Å²) in [6.45, 7) is 1.51. The lowest BCUT2D eigenvalue weighted by atomic mass is 9.84. The van der Waals surface area contributed by atoms with Gasteiger partial charge in [0.15, 0.2) is 0 Å². The zero-order valence-corrected chi connectivity index (χ0v) is 11.9. The first-order valence-corrected chi connectivity index (χ1v) is 7.15. The van der Waals surface area contributed by atoms with Crippen LogP contribution in [0.1, 0.15) is 25.7 Å². The predicted molar refractivity (Wildman–Crippen MR) is 74.0 cm³/mol. The van der Waals surface area contributed by atoms with Gasteiger partial charge in [-0.25, -0.2) is 4.98 Å². The molecular weight excluding hydrogens is 258 g/mol. The summed E-state index contributed by atoms with van der Waals surface area (Å²) in [5.74, 6) is 0.0289. The van der Waals surface area contributed by atoms with Gasteiger partial charge in [-0.05, 0) is 25.7 Å². The Kier molecular flexibility index (Phi) is 5.55. The van der Waals surface area contributed by atoms with Gasteiger partial charge >= 0.3 is 0 Å². The molecule has 0 saturated heterocycles. The lowest BCUT2D eigenvalue weighted by Crippen LogP contribution is -2.41. The average Bonchev–Trinajstić information content (AvgIpc) is 2.97. The van der Waals surface area contributed by atoms with Crippen molar-refractivity contribution in [2.75, 3.05) is 13.7 Å². The molecule has 1 aliphatic rings. The lowest BCUT2D eigenvalue weighted by Gasteiger charge is -2.31. The van der Waals surface area contributed by atoms with Gasteiger partial charge in [-0.2, -0.15) is 0 Å². The van der Waals surface area contributed by atoms with E-state index in [0.717, 1.165) is 19.4 Å². The molecule has 0 radical (unpaired) electrons. The number of amides is 1. The molecule has 1 aromatic heterocycles. The number of aryl methyl sites for hydroxylation is 1. The van der Waals surface area contributed by atoms with Crippen LogP contribution >= 0.6 is 0 Å². The van der Waals surface area contributed by atoms with Crippen molar-refractivity contribution < 1.29 is 14.6 Å². The molecule has 1 fully saturated rings. The van der Waals surface area contributed by atoms with Crippen molar-refractivity contribution in [2.24, 2.45) is 5.92 Å². The summed E-state index contributed by atoms with van der Waals surface area (Å²) in [5, 5.41) is 12.7. The van der Waals surface area contributed by atoms with Crippen LogP contribution in [0, 0.1) is 5.92 Å². The highest BCUT2D eigenvalue weighted by atomic mass is 16.5. The van der Waals surface area contributed by atoms with Gasteiger partial charge in [0.05, 0.1) is 18.5 Å². The number of imidazole rings is 1. The maximum atomic E-state index is 12.1. The van der Waals surface area contributed by atoms with Crippen LogP contribution in [0.25, 0.3) is 0 Å². The molecule has 6 heteroatoms. The second-order valence-corrected chi connectivity index (χ2v) is 5.30. The fourth-order valence-electron chi connectivity index (χ4n) is 2.64. The molecule has 6 nitrogen and oxygen atoms in total. The number of hydrogen-bond donors (Lipinski definition) is 2. The van der Waals surface area contributed by atoms with Crippen LogP contribution in [-0.4, -0.2) is 46.4 Å². The highest BCUT2D eigenvalue weighted by Gasteiger charge is 2.32. The summed E-state index contributed by atoms with van der Waals surface area (Å²) in [6.07, 6.45) is 7.62. The number of aliphatic hydroxyl groups is 1. The van der Waals surface area contributed by atoms with E-state index in [0.29, 0.717) is 19.4 Å². The highest BCUT2D eigenvalue weighted by Crippen LogP contribution is 2.26. The minimum absolute atomic E-state index is 0.0448. The number of nitrogens with one attached hydrogen (secondary N) is 1. The molecule has 0 bridgehead atoms. The maximum absolute atomic E-state index is 12.1. The number of rotatable bonds is 6. The van der Waals surface area contributed by atoms with E-state index in [1.807, 2.05) is 10.8 Å². The van der Waals surface area contributed by atoms with Gasteiger partial charge < -0.3 is 19.7 Å². The largest absolute Gasteiger partial charge is 0.390 e. The summed E-state index contributed by atoms with van der Waals surface area (Å²) < 4.78 is 7.21. The van der Waals surface area contributed by atoms with E-state index in [9.17, 15) is 9.90 Å². The Morgan fingerprint density at radius 2 is 2.40 bits per heavy atom. The van der Waals surface area contributed by atoms with Crippen LogP contribution in [0.2, 0.25) is 0 Å². The molecule has 20 heavy (non-hydrogen) atoms. The van der Waals surface area contributed by atoms with Crippen LogP contribution in [0.5, 0.6) is 0 Å². The molecular formula is C14H23N3O3. The predicted octanol–water partition coefficient (Wildman–Crippen LogP) is 0.565. The average molecular weight is 281 g/mol. The van der Waals surface area contributed by atoms with Crippen LogP contribution in [-0.2, 0) is 16.1 Å². The third kappa shape index (κ3) is 4.05. The molecule has 1 amide bonds. The van der Waals surface area contributed by atoms with Gasteiger partial charge in [-0.15, -0.1) is 0 Å². The SMILES string of the molecule is CO[C@@H]1C[C@H](C(=O)NCCCn2ccnc2)CC[C@@H]1O. The number of methoxy groups -OCH3 is 1. The Hall–Kier alpha value is -1.40. The Balaban J connectivity index is 1.66. The molecule has 2 rings (SSSR count). The molecule has 0 unspecified atom stereocenters. The van der Waals surface area contributed by atoms with E-state index < -0.39 is 6.10 Å². The zero-order chi connectivity index (χ0) is 14.4.